The van der Waals surface area contributed by atoms with Crippen LogP contribution >= 0.6 is 0 Å². The lowest BCUT2D eigenvalue weighted by Gasteiger charge is -2.28. The van der Waals surface area contributed by atoms with Crippen molar-refractivity contribution in [2.45, 2.75) is 62.3 Å². The van der Waals surface area contributed by atoms with Gasteiger partial charge in [0.1, 0.15) is 8.80 Å². The Morgan fingerprint density at radius 1 is 0.357 bits per heavy atom. The van der Waals surface area contributed by atoms with Gasteiger partial charge in [-0.15, -0.1) is 0 Å². The van der Waals surface area contributed by atoms with E-state index in [9.17, 15) is 0 Å². The largest absolute Gasteiger partial charge is 0.135 e. The first-order valence-electron chi connectivity index (χ1n) is 10.3. The molecule has 0 nitrogen and oxygen atoms in total. The maximum Gasteiger partial charge on any atom is 0.135 e. The first-order chi connectivity index (χ1) is 13.1. The SMILES string of the molecule is Cc1cc(C)c([SiH](c2c(C)cc(C)cc2C)c2c(C)cc(C)cc2C)c(C)c1. The van der Waals surface area contributed by atoms with Crippen molar-refractivity contribution in [3.05, 3.63) is 86.5 Å². The van der Waals surface area contributed by atoms with Gasteiger partial charge in [0.15, 0.2) is 0 Å². The summed E-state index contributed by atoms with van der Waals surface area (Å²) in [6.45, 7) is 20.5. The van der Waals surface area contributed by atoms with Gasteiger partial charge in [-0.3, -0.25) is 0 Å². The summed E-state index contributed by atoms with van der Waals surface area (Å²) in [5, 5.41) is 4.82. The van der Waals surface area contributed by atoms with Gasteiger partial charge >= 0.3 is 0 Å². The van der Waals surface area contributed by atoms with Crippen molar-refractivity contribution >= 4 is 24.4 Å². The molecule has 0 aromatic heterocycles. The first kappa shape index (κ1) is 20.6. The zero-order valence-corrected chi connectivity index (χ0v) is 20.2. The molecule has 0 fully saturated rings. The third-order valence-electron chi connectivity index (χ3n) is 6.08. The van der Waals surface area contributed by atoms with E-state index in [2.05, 4.69) is 98.7 Å². The summed E-state index contributed by atoms with van der Waals surface area (Å²) in [6.07, 6.45) is 0. The highest BCUT2D eigenvalue weighted by Gasteiger charge is 2.28. The number of benzene rings is 3. The molecule has 0 bridgehead atoms. The standard InChI is InChI=1S/C27H34Si/c1-16-10-19(4)25(20(5)11-16)28(26-21(6)12-17(2)13-22(26)7)27-23(8)14-18(3)15-24(27)9/h10-15,28H,1-9H3. The van der Waals surface area contributed by atoms with E-state index in [1.54, 1.807) is 15.6 Å². The fourth-order valence-corrected chi connectivity index (χ4v) is 9.47. The van der Waals surface area contributed by atoms with E-state index in [0.717, 1.165) is 0 Å². The zero-order chi connectivity index (χ0) is 20.7. The predicted molar refractivity (Wildman–Crippen MR) is 128 cm³/mol. The van der Waals surface area contributed by atoms with E-state index in [-0.39, 0.29) is 0 Å². The van der Waals surface area contributed by atoms with Gasteiger partial charge in [0, 0.05) is 0 Å². The summed E-state index contributed by atoms with van der Waals surface area (Å²) in [4.78, 5) is 0. The van der Waals surface area contributed by atoms with Crippen molar-refractivity contribution in [2.24, 2.45) is 0 Å². The highest BCUT2D eigenvalue weighted by Crippen LogP contribution is 2.16. The Hall–Kier alpha value is -2.12. The second-order valence-corrected chi connectivity index (χ2v) is 11.5. The summed E-state index contributed by atoms with van der Waals surface area (Å²) in [5.74, 6) is 0. The topological polar surface area (TPSA) is 0 Å². The summed E-state index contributed by atoms with van der Waals surface area (Å²) in [5.41, 5.74) is 12.8. The highest BCUT2D eigenvalue weighted by molar-refractivity contribution is 6.97. The van der Waals surface area contributed by atoms with E-state index in [1.807, 2.05) is 0 Å². The normalized spacial score (nSPS) is 11.4. The second kappa shape index (κ2) is 7.71. The molecule has 0 spiro atoms. The molecule has 0 saturated heterocycles. The van der Waals surface area contributed by atoms with Gasteiger partial charge < -0.3 is 0 Å². The fourth-order valence-electron chi connectivity index (χ4n) is 5.37. The Labute approximate surface area is 173 Å². The predicted octanol–water partition coefficient (Wildman–Crippen LogP) is 4.71. The smallest absolute Gasteiger partial charge is 0.0565 e. The lowest BCUT2D eigenvalue weighted by molar-refractivity contribution is 1.32. The number of hydrogen-bond acceptors (Lipinski definition) is 0. The van der Waals surface area contributed by atoms with Crippen molar-refractivity contribution < 1.29 is 0 Å². The van der Waals surface area contributed by atoms with E-state index < -0.39 is 8.80 Å². The van der Waals surface area contributed by atoms with Crippen LogP contribution in [0, 0.1) is 62.3 Å². The highest BCUT2D eigenvalue weighted by atomic mass is 28.3. The van der Waals surface area contributed by atoms with Crippen LogP contribution in [-0.2, 0) is 0 Å². The monoisotopic (exact) mass is 386 g/mol. The molecule has 0 aliphatic carbocycles. The molecule has 0 aliphatic rings. The van der Waals surface area contributed by atoms with E-state index in [4.69, 9.17) is 0 Å². The number of aryl methyl sites for hydroxylation is 9. The van der Waals surface area contributed by atoms with Crippen LogP contribution in [0.25, 0.3) is 0 Å². The maximum atomic E-state index is 2.38. The summed E-state index contributed by atoms with van der Waals surface area (Å²) >= 11 is 0. The maximum absolute atomic E-state index is 2.38. The minimum atomic E-state index is -1.61. The van der Waals surface area contributed by atoms with E-state index in [1.165, 1.54) is 50.1 Å². The molecule has 3 aromatic carbocycles. The van der Waals surface area contributed by atoms with Crippen molar-refractivity contribution in [1.29, 1.82) is 0 Å². The van der Waals surface area contributed by atoms with Crippen molar-refractivity contribution in [3.8, 4) is 0 Å². The number of hydrogen-bond donors (Lipinski definition) is 0. The molecule has 3 rings (SSSR count). The van der Waals surface area contributed by atoms with Gasteiger partial charge in [0.05, 0.1) is 0 Å². The van der Waals surface area contributed by atoms with Crippen molar-refractivity contribution in [1.82, 2.24) is 0 Å². The molecule has 0 amide bonds. The van der Waals surface area contributed by atoms with Gasteiger partial charge in [-0.2, -0.15) is 0 Å². The van der Waals surface area contributed by atoms with Crippen LogP contribution in [0.15, 0.2) is 36.4 Å². The average Bonchev–Trinajstić information content (AvgIpc) is 2.51. The Morgan fingerprint density at radius 3 is 0.714 bits per heavy atom. The zero-order valence-electron chi connectivity index (χ0n) is 19.0. The van der Waals surface area contributed by atoms with Crippen LogP contribution in [0.1, 0.15) is 50.1 Å². The van der Waals surface area contributed by atoms with Gasteiger partial charge in [-0.1, -0.05) is 86.5 Å². The fraction of sp³-hybridized carbons (Fsp3) is 0.333. The molecule has 28 heavy (non-hydrogen) atoms. The molecule has 1 heteroatoms. The Bertz CT molecular complexity index is 850. The summed E-state index contributed by atoms with van der Waals surface area (Å²) in [7, 11) is -1.61. The Morgan fingerprint density at radius 2 is 0.536 bits per heavy atom. The lowest BCUT2D eigenvalue weighted by Crippen LogP contribution is -2.57. The van der Waals surface area contributed by atoms with Crippen LogP contribution in [-0.4, -0.2) is 8.80 Å². The summed E-state index contributed by atoms with van der Waals surface area (Å²) in [6, 6.07) is 14.3. The molecular formula is C27H34Si. The van der Waals surface area contributed by atoms with E-state index in [0.29, 0.717) is 0 Å². The minimum Gasteiger partial charge on any atom is -0.0565 e. The van der Waals surface area contributed by atoms with Gasteiger partial charge in [0.2, 0.25) is 0 Å². The average molecular weight is 387 g/mol. The Balaban J connectivity index is 2.45. The molecule has 0 atom stereocenters. The molecule has 0 radical (unpaired) electrons. The molecular weight excluding hydrogens is 352 g/mol. The Kier molecular flexibility index (Phi) is 5.68. The molecule has 0 N–H and O–H groups in total. The van der Waals surface area contributed by atoms with Gasteiger partial charge in [-0.05, 0) is 77.9 Å². The molecule has 3 aromatic rings. The summed E-state index contributed by atoms with van der Waals surface area (Å²) < 4.78 is 0. The molecule has 0 heterocycles. The lowest BCUT2D eigenvalue weighted by atomic mass is 10.1. The number of rotatable bonds is 3. The van der Waals surface area contributed by atoms with Crippen molar-refractivity contribution in [2.75, 3.05) is 0 Å². The van der Waals surface area contributed by atoms with Crippen molar-refractivity contribution in [3.63, 3.8) is 0 Å². The second-order valence-electron chi connectivity index (χ2n) is 8.87. The first-order valence-corrected chi connectivity index (χ1v) is 12.1. The van der Waals surface area contributed by atoms with Gasteiger partial charge in [-0.25, -0.2) is 0 Å². The van der Waals surface area contributed by atoms with Crippen LogP contribution in [0.2, 0.25) is 0 Å². The van der Waals surface area contributed by atoms with Crippen LogP contribution in [0.4, 0.5) is 0 Å². The quantitative estimate of drug-likeness (QED) is 0.452. The molecule has 146 valence electrons. The molecule has 0 aliphatic heterocycles. The van der Waals surface area contributed by atoms with E-state index >= 15 is 0 Å². The third kappa shape index (κ3) is 3.73. The molecule has 0 saturated carbocycles. The minimum absolute atomic E-state index is 1.36. The van der Waals surface area contributed by atoms with Crippen LogP contribution in [0.5, 0.6) is 0 Å². The van der Waals surface area contributed by atoms with Gasteiger partial charge in [0.25, 0.3) is 0 Å². The van der Waals surface area contributed by atoms with Crippen LogP contribution in [0.3, 0.4) is 0 Å². The van der Waals surface area contributed by atoms with Crippen LogP contribution < -0.4 is 15.6 Å². The molecule has 0 unspecified atom stereocenters. The third-order valence-corrected chi connectivity index (χ3v) is 10.5.